The molecule has 0 aliphatic rings. The number of rotatable bonds is 4. The van der Waals surface area contributed by atoms with Crippen LogP contribution < -0.4 is 5.73 Å². The molecule has 2 atom stereocenters. The highest BCUT2D eigenvalue weighted by Gasteiger charge is 2.21. The number of hydrogen-bond donors (Lipinski definition) is 1. The van der Waals surface area contributed by atoms with E-state index in [0.717, 1.165) is 5.56 Å². The van der Waals surface area contributed by atoms with E-state index in [0.29, 0.717) is 0 Å². The second-order valence-electron chi connectivity index (χ2n) is 4.26. The molecular formula is C13H19NO2. The Kier molecular flexibility index (Phi) is 4.50. The molecule has 88 valence electrons. The first-order valence-electron chi connectivity index (χ1n) is 5.53. The Hall–Kier alpha value is -1.35. The molecule has 1 aromatic carbocycles. The van der Waals surface area contributed by atoms with Crippen molar-refractivity contribution in [1.29, 1.82) is 0 Å². The lowest BCUT2D eigenvalue weighted by Gasteiger charge is -2.18. The normalized spacial score (nSPS) is 14.6. The van der Waals surface area contributed by atoms with E-state index in [-0.39, 0.29) is 18.0 Å². The second kappa shape index (κ2) is 5.66. The van der Waals surface area contributed by atoms with Crippen LogP contribution in [-0.4, -0.2) is 12.0 Å². The summed E-state index contributed by atoms with van der Waals surface area (Å²) in [5, 5.41) is 0. The summed E-state index contributed by atoms with van der Waals surface area (Å²) >= 11 is 0. The SMILES string of the molecule is CC(C)C(N)C(=O)O[C@@H](C)c1ccccc1. The Morgan fingerprint density at radius 1 is 1.19 bits per heavy atom. The third kappa shape index (κ3) is 3.35. The maximum Gasteiger partial charge on any atom is 0.323 e. The minimum Gasteiger partial charge on any atom is -0.457 e. The van der Waals surface area contributed by atoms with Gasteiger partial charge in [0.2, 0.25) is 0 Å². The maximum absolute atomic E-state index is 11.6. The molecule has 2 N–H and O–H groups in total. The van der Waals surface area contributed by atoms with E-state index in [2.05, 4.69) is 0 Å². The molecule has 0 radical (unpaired) electrons. The predicted octanol–water partition coefficient (Wildman–Crippen LogP) is 2.27. The van der Waals surface area contributed by atoms with Gasteiger partial charge in [0.1, 0.15) is 12.1 Å². The molecule has 0 aromatic heterocycles. The van der Waals surface area contributed by atoms with Gasteiger partial charge in [-0.2, -0.15) is 0 Å². The van der Waals surface area contributed by atoms with E-state index in [1.54, 1.807) is 0 Å². The van der Waals surface area contributed by atoms with E-state index < -0.39 is 6.04 Å². The summed E-state index contributed by atoms with van der Waals surface area (Å²) in [5.74, 6) is -0.248. The molecule has 1 aromatic rings. The highest BCUT2D eigenvalue weighted by atomic mass is 16.5. The summed E-state index contributed by atoms with van der Waals surface area (Å²) in [7, 11) is 0. The zero-order chi connectivity index (χ0) is 12.1. The van der Waals surface area contributed by atoms with Crippen LogP contribution >= 0.6 is 0 Å². The summed E-state index contributed by atoms with van der Waals surface area (Å²) in [6.45, 7) is 5.65. The van der Waals surface area contributed by atoms with Gasteiger partial charge in [-0.05, 0) is 18.4 Å². The fourth-order valence-electron chi connectivity index (χ4n) is 1.32. The second-order valence-corrected chi connectivity index (χ2v) is 4.26. The zero-order valence-corrected chi connectivity index (χ0v) is 10.0. The smallest absolute Gasteiger partial charge is 0.323 e. The van der Waals surface area contributed by atoms with Crippen molar-refractivity contribution in [2.75, 3.05) is 0 Å². The molecule has 0 spiro atoms. The third-order valence-corrected chi connectivity index (χ3v) is 2.55. The number of nitrogens with two attached hydrogens (primary N) is 1. The van der Waals surface area contributed by atoms with Gasteiger partial charge in [0.15, 0.2) is 0 Å². The van der Waals surface area contributed by atoms with Crippen molar-refractivity contribution in [2.45, 2.75) is 32.9 Å². The fourth-order valence-corrected chi connectivity index (χ4v) is 1.32. The van der Waals surface area contributed by atoms with Crippen LogP contribution in [0, 0.1) is 5.92 Å². The first kappa shape index (κ1) is 12.7. The molecule has 0 aliphatic heterocycles. The monoisotopic (exact) mass is 221 g/mol. The number of ether oxygens (including phenoxy) is 1. The Balaban J connectivity index is 2.58. The summed E-state index contributed by atoms with van der Waals surface area (Å²) in [5.41, 5.74) is 6.69. The van der Waals surface area contributed by atoms with Gasteiger partial charge in [-0.25, -0.2) is 0 Å². The molecule has 0 saturated heterocycles. The summed E-state index contributed by atoms with van der Waals surface area (Å²) in [6.07, 6.45) is -0.251. The van der Waals surface area contributed by atoms with Gasteiger partial charge in [0.25, 0.3) is 0 Å². The molecule has 0 heterocycles. The summed E-state index contributed by atoms with van der Waals surface area (Å²) in [4.78, 5) is 11.6. The molecular weight excluding hydrogens is 202 g/mol. The lowest BCUT2D eigenvalue weighted by atomic mass is 10.1. The van der Waals surface area contributed by atoms with Crippen molar-refractivity contribution >= 4 is 5.97 Å². The molecule has 0 amide bonds. The van der Waals surface area contributed by atoms with Crippen molar-refractivity contribution < 1.29 is 9.53 Å². The minimum absolute atomic E-state index is 0.0930. The van der Waals surface area contributed by atoms with Crippen LogP contribution in [0.3, 0.4) is 0 Å². The Morgan fingerprint density at radius 3 is 2.25 bits per heavy atom. The van der Waals surface area contributed by atoms with E-state index >= 15 is 0 Å². The molecule has 0 aliphatic carbocycles. The van der Waals surface area contributed by atoms with Gasteiger partial charge >= 0.3 is 5.97 Å². The topological polar surface area (TPSA) is 52.3 Å². The first-order chi connectivity index (χ1) is 7.52. The minimum atomic E-state index is -0.550. The number of benzene rings is 1. The molecule has 1 rings (SSSR count). The average molecular weight is 221 g/mol. The van der Waals surface area contributed by atoms with Gasteiger partial charge in [0, 0.05) is 0 Å². The number of hydrogen-bond acceptors (Lipinski definition) is 3. The quantitative estimate of drug-likeness (QED) is 0.793. The van der Waals surface area contributed by atoms with Crippen LogP contribution in [0.15, 0.2) is 30.3 Å². The molecule has 0 bridgehead atoms. The molecule has 1 unspecified atom stereocenters. The summed E-state index contributed by atoms with van der Waals surface area (Å²) in [6, 6.07) is 9.07. The Morgan fingerprint density at radius 2 is 1.75 bits per heavy atom. The standard InChI is InChI=1S/C13H19NO2/c1-9(2)12(14)13(15)16-10(3)11-7-5-4-6-8-11/h4-10,12H,14H2,1-3H3/t10-,12?/m0/s1. The van der Waals surface area contributed by atoms with E-state index in [1.807, 2.05) is 51.1 Å². The maximum atomic E-state index is 11.6. The van der Waals surface area contributed by atoms with Crippen molar-refractivity contribution in [2.24, 2.45) is 11.7 Å². The largest absolute Gasteiger partial charge is 0.457 e. The lowest BCUT2D eigenvalue weighted by molar-refractivity contribution is -0.151. The lowest BCUT2D eigenvalue weighted by Crippen LogP contribution is -2.37. The van der Waals surface area contributed by atoms with Crippen LogP contribution in [-0.2, 0) is 9.53 Å². The third-order valence-electron chi connectivity index (χ3n) is 2.55. The van der Waals surface area contributed by atoms with Crippen LogP contribution in [0.2, 0.25) is 0 Å². The predicted molar refractivity (Wildman–Crippen MR) is 63.8 cm³/mol. The highest BCUT2D eigenvalue weighted by molar-refractivity contribution is 5.76. The van der Waals surface area contributed by atoms with Crippen LogP contribution in [0.25, 0.3) is 0 Å². The van der Waals surface area contributed by atoms with Crippen molar-refractivity contribution in [3.05, 3.63) is 35.9 Å². The van der Waals surface area contributed by atoms with E-state index in [4.69, 9.17) is 10.5 Å². The van der Waals surface area contributed by atoms with Gasteiger partial charge in [-0.1, -0.05) is 44.2 Å². The summed E-state index contributed by atoms with van der Waals surface area (Å²) < 4.78 is 5.30. The van der Waals surface area contributed by atoms with Gasteiger partial charge < -0.3 is 10.5 Å². The number of esters is 1. The van der Waals surface area contributed by atoms with Crippen molar-refractivity contribution in [1.82, 2.24) is 0 Å². The van der Waals surface area contributed by atoms with Gasteiger partial charge in [-0.15, -0.1) is 0 Å². The number of carbonyl (C=O) groups is 1. The van der Waals surface area contributed by atoms with Crippen molar-refractivity contribution in [3.63, 3.8) is 0 Å². The van der Waals surface area contributed by atoms with Crippen LogP contribution in [0.1, 0.15) is 32.4 Å². The molecule has 3 nitrogen and oxygen atoms in total. The number of carbonyl (C=O) groups excluding carboxylic acids is 1. The molecule has 16 heavy (non-hydrogen) atoms. The van der Waals surface area contributed by atoms with E-state index in [1.165, 1.54) is 0 Å². The zero-order valence-electron chi connectivity index (χ0n) is 10.0. The van der Waals surface area contributed by atoms with E-state index in [9.17, 15) is 4.79 Å². The van der Waals surface area contributed by atoms with Crippen LogP contribution in [0.4, 0.5) is 0 Å². The molecule has 0 saturated carbocycles. The first-order valence-corrected chi connectivity index (χ1v) is 5.53. The average Bonchev–Trinajstić information content (AvgIpc) is 2.28. The Bertz CT molecular complexity index is 335. The fraction of sp³-hybridized carbons (Fsp3) is 0.462. The van der Waals surface area contributed by atoms with Gasteiger partial charge in [0.05, 0.1) is 0 Å². The Labute approximate surface area is 96.6 Å². The highest BCUT2D eigenvalue weighted by Crippen LogP contribution is 2.17. The van der Waals surface area contributed by atoms with Crippen molar-refractivity contribution in [3.8, 4) is 0 Å². The molecule has 3 heteroatoms. The molecule has 0 fully saturated rings. The van der Waals surface area contributed by atoms with Crippen LogP contribution in [0.5, 0.6) is 0 Å². The van der Waals surface area contributed by atoms with Gasteiger partial charge in [-0.3, -0.25) is 4.79 Å².